The molecule has 0 atom stereocenters. The quantitative estimate of drug-likeness (QED) is 0.728. The molecule has 0 spiro atoms. The van der Waals surface area contributed by atoms with E-state index in [1.54, 1.807) is 0 Å². The molecule has 0 amide bonds. The molecule has 3 aromatic rings. The first-order valence-electron chi connectivity index (χ1n) is 7.34. The zero-order valence-electron chi connectivity index (χ0n) is 12.0. The molecule has 2 heterocycles. The molecule has 102 valence electrons. The number of hydrogen-bond acceptors (Lipinski definition) is 2. The number of nitrogens with zero attached hydrogens (tertiary/aromatic N) is 2. The van der Waals surface area contributed by atoms with Gasteiger partial charge in [-0.2, -0.15) is 0 Å². The highest BCUT2D eigenvalue weighted by molar-refractivity contribution is 6.11. The summed E-state index contributed by atoms with van der Waals surface area (Å²) in [5.74, 6) is 0. The first-order chi connectivity index (χ1) is 9.75. The lowest BCUT2D eigenvalue weighted by molar-refractivity contribution is 0.680. The van der Waals surface area contributed by atoms with E-state index in [-0.39, 0.29) is 0 Å². The second kappa shape index (κ2) is 4.23. The lowest BCUT2D eigenvalue weighted by Crippen LogP contribution is -2.09. The molecule has 0 saturated heterocycles. The van der Waals surface area contributed by atoms with Gasteiger partial charge in [0.15, 0.2) is 0 Å². The Balaban J connectivity index is 2.16. The fourth-order valence-electron chi connectivity index (χ4n) is 3.44. The smallest absolute Gasteiger partial charge is 0.0956 e. The van der Waals surface area contributed by atoms with Gasteiger partial charge in [0.1, 0.15) is 0 Å². The van der Waals surface area contributed by atoms with Gasteiger partial charge in [-0.3, -0.25) is 4.98 Å². The molecule has 0 saturated carbocycles. The number of fused-ring (bicyclic) bond motifs is 5. The van der Waals surface area contributed by atoms with E-state index in [1.165, 1.54) is 58.9 Å². The summed E-state index contributed by atoms with van der Waals surface area (Å²) >= 11 is 0. The van der Waals surface area contributed by atoms with Crippen LogP contribution in [0, 0.1) is 0 Å². The van der Waals surface area contributed by atoms with Gasteiger partial charge in [0.2, 0.25) is 0 Å². The summed E-state index contributed by atoms with van der Waals surface area (Å²) < 4.78 is 0. The number of aromatic nitrogens is 2. The number of rotatable bonds is 1. The van der Waals surface area contributed by atoms with E-state index in [2.05, 4.69) is 41.1 Å². The van der Waals surface area contributed by atoms with E-state index < -0.39 is 0 Å². The van der Waals surface area contributed by atoms with Crippen LogP contribution in [0.5, 0.6) is 0 Å². The second-order valence-corrected chi connectivity index (χ2v) is 5.90. The monoisotopic (exact) mass is 265 g/mol. The van der Waals surface area contributed by atoms with E-state index in [1.807, 2.05) is 12.3 Å². The maximum Gasteiger partial charge on any atom is 0.0956 e. The fraction of sp³-hybridized carbons (Fsp3) is 0.353. The lowest BCUT2D eigenvalue weighted by Gasteiger charge is -2.16. The zero-order chi connectivity index (χ0) is 13.7. The molecule has 1 N–H and O–H groups in total. The number of benzene rings is 1. The minimum atomic E-state index is 1.09. The highest BCUT2D eigenvalue weighted by Crippen LogP contribution is 2.37. The Morgan fingerprint density at radius 3 is 2.85 bits per heavy atom. The van der Waals surface area contributed by atoms with Gasteiger partial charge in [-0.15, -0.1) is 0 Å². The van der Waals surface area contributed by atoms with Gasteiger partial charge in [-0.1, -0.05) is 0 Å². The number of nitrogens with one attached hydrogen (secondary N) is 1. The third-order valence-electron chi connectivity index (χ3n) is 4.42. The molecule has 0 unspecified atom stereocenters. The summed E-state index contributed by atoms with van der Waals surface area (Å²) in [6.45, 7) is 0. The van der Waals surface area contributed by atoms with Crippen molar-refractivity contribution in [3.8, 4) is 0 Å². The molecule has 20 heavy (non-hydrogen) atoms. The van der Waals surface area contributed by atoms with Crippen molar-refractivity contribution in [2.75, 3.05) is 19.0 Å². The summed E-state index contributed by atoms with van der Waals surface area (Å²) in [6, 6.07) is 6.52. The van der Waals surface area contributed by atoms with Crippen LogP contribution in [-0.4, -0.2) is 24.1 Å². The molecule has 0 radical (unpaired) electrons. The van der Waals surface area contributed by atoms with Crippen molar-refractivity contribution in [2.24, 2.45) is 0 Å². The van der Waals surface area contributed by atoms with Crippen LogP contribution in [0.2, 0.25) is 0 Å². The molecule has 2 aromatic heterocycles. The second-order valence-electron chi connectivity index (χ2n) is 5.90. The van der Waals surface area contributed by atoms with E-state index in [4.69, 9.17) is 0 Å². The Hall–Kier alpha value is -2.03. The molecular weight excluding hydrogens is 246 g/mol. The van der Waals surface area contributed by atoms with Crippen molar-refractivity contribution in [2.45, 2.75) is 25.7 Å². The van der Waals surface area contributed by atoms with Gasteiger partial charge >= 0.3 is 0 Å². The third kappa shape index (κ3) is 1.56. The van der Waals surface area contributed by atoms with E-state index in [0.29, 0.717) is 0 Å². The minimum Gasteiger partial charge on any atom is -0.376 e. The number of aryl methyl sites for hydroxylation is 2. The molecule has 0 bridgehead atoms. The number of aromatic amines is 1. The Morgan fingerprint density at radius 2 is 2.00 bits per heavy atom. The van der Waals surface area contributed by atoms with E-state index in [9.17, 15) is 0 Å². The van der Waals surface area contributed by atoms with Crippen LogP contribution in [0.1, 0.15) is 24.1 Å². The van der Waals surface area contributed by atoms with Crippen LogP contribution >= 0.6 is 0 Å². The topological polar surface area (TPSA) is 31.9 Å². The first kappa shape index (κ1) is 11.8. The maximum atomic E-state index is 4.60. The van der Waals surface area contributed by atoms with Gasteiger partial charge in [-0.05, 0) is 49.4 Å². The Morgan fingerprint density at radius 1 is 1.15 bits per heavy atom. The van der Waals surface area contributed by atoms with Gasteiger partial charge in [0, 0.05) is 36.8 Å². The molecule has 4 rings (SSSR count). The Labute approximate surface area is 118 Å². The number of pyridine rings is 1. The van der Waals surface area contributed by atoms with Crippen LogP contribution in [-0.2, 0) is 12.8 Å². The van der Waals surface area contributed by atoms with Crippen molar-refractivity contribution in [1.29, 1.82) is 0 Å². The van der Waals surface area contributed by atoms with Crippen LogP contribution in [0.15, 0.2) is 24.4 Å². The van der Waals surface area contributed by atoms with Crippen LogP contribution in [0.4, 0.5) is 5.69 Å². The largest absolute Gasteiger partial charge is 0.376 e. The first-order valence-corrected chi connectivity index (χ1v) is 7.34. The fourth-order valence-corrected chi connectivity index (χ4v) is 3.44. The Bertz CT molecular complexity index is 799. The van der Waals surface area contributed by atoms with Crippen molar-refractivity contribution in [3.05, 3.63) is 35.7 Å². The highest BCUT2D eigenvalue weighted by Gasteiger charge is 2.19. The predicted octanol–water partition coefficient (Wildman–Crippen LogP) is 3.66. The van der Waals surface area contributed by atoms with Crippen LogP contribution < -0.4 is 4.90 Å². The molecule has 0 aliphatic heterocycles. The zero-order valence-corrected chi connectivity index (χ0v) is 12.0. The van der Waals surface area contributed by atoms with E-state index in [0.717, 1.165) is 5.52 Å². The molecule has 1 aliphatic carbocycles. The highest BCUT2D eigenvalue weighted by atomic mass is 15.1. The van der Waals surface area contributed by atoms with Crippen LogP contribution in [0.25, 0.3) is 21.8 Å². The standard InChI is InChI=1S/C17H19N3/c1-20(2)15-10-13-11-6-3-4-8-14(11)19-16(13)12-7-5-9-18-17(12)15/h5,7,9-10,19H,3-4,6,8H2,1-2H3. The molecule has 1 aliphatic rings. The summed E-state index contributed by atoms with van der Waals surface area (Å²) in [5.41, 5.74) is 6.53. The lowest BCUT2D eigenvalue weighted by atomic mass is 9.95. The minimum absolute atomic E-state index is 1.09. The Kier molecular flexibility index (Phi) is 2.49. The molecular formula is C17H19N3. The van der Waals surface area contributed by atoms with Crippen molar-refractivity contribution in [3.63, 3.8) is 0 Å². The average Bonchev–Trinajstić information content (AvgIpc) is 2.85. The SMILES string of the molecule is CN(C)c1cc2c3c([nH]c2c2cccnc12)CCCC3. The molecule has 0 fully saturated rings. The summed E-state index contributed by atoms with van der Waals surface area (Å²) in [4.78, 5) is 10.4. The van der Waals surface area contributed by atoms with Crippen molar-refractivity contribution < 1.29 is 0 Å². The maximum absolute atomic E-state index is 4.60. The number of H-pyrrole nitrogens is 1. The summed E-state index contributed by atoms with van der Waals surface area (Å²) in [6.07, 6.45) is 6.87. The van der Waals surface area contributed by atoms with Gasteiger partial charge in [0.05, 0.1) is 16.7 Å². The number of anilines is 1. The van der Waals surface area contributed by atoms with Crippen molar-refractivity contribution in [1.82, 2.24) is 9.97 Å². The average molecular weight is 265 g/mol. The summed E-state index contributed by atoms with van der Waals surface area (Å²) in [7, 11) is 4.18. The third-order valence-corrected chi connectivity index (χ3v) is 4.42. The summed E-state index contributed by atoms with van der Waals surface area (Å²) in [5, 5.41) is 2.63. The normalized spacial score (nSPS) is 14.7. The van der Waals surface area contributed by atoms with Crippen LogP contribution in [0.3, 0.4) is 0 Å². The molecule has 1 aromatic carbocycles. The predicted molar refractivity (Wildman–Crippen MR) is 84.6 cm³/mol. The van der Waals surface area contributed by atoms with Gasteiger partial charge < -0.3 is 9.88 Å². The van der Waals surface area contributed by atoms with Gasteiger partial charge in [-0.25, -0.2) is 0 Å². The van der Waals surface area contributed by atoms with E-state index >= 15 is 0 Å². The number of hydrogen-bond donors (Lipinski definition) is 1. The molecule has 3 heteroatoms. The molecule has 3 nitrogen and oxygen atoms in total. The van der Waals surface area contributed by atoms with Crippen molar-refractivity contribution >= 4 is 27.5 Å². The van der Waals surface area contributed by atoms with Gasteiger partial charge in [0.25, 0.3) is 0 Å².